The Kier molecular flexibility index (Phi) is 8.34. The van der Waals surface area contributed by atoms with Crippen LogP contribution in [0, 0.1) is 0 Å². The standard InChI is InChI=1S/C17H29N3O4S/c1-5-9-14(18)17(21)19-15-12-13(10-11-16(15)24-8-4)25(22,23)20(6-2)7-3/h10-12,14H,5-9,18H2,1-4H3,(H,19,21). The van der Waals surface area contributed by atoms with E-state index in [1.807, 2.05) is 13.8 Å². The lowest BCUT2D eigenvalue weighted by atomic mass is 10.1. The Labute approximate surface area is 150 Å². The second-order valence-electron chi connectivity index (χ2n) is 5.56. The zero-order valence-corrected chi connectivity index (χ0v) is 16.2. The largest absolute Gasteiger partial charge is 0.492 e. The Morgan fingerprint density at radius 2 is 1.88 bits per heavy atom. The van der Waals surface area contributed by atoms with Crippen LogP contribution in [0.2, 0.25) is 0 Å². The van der Waals surface area contributed by atoms with Crippen LogP contribution in [0.5, 0.6) is 5.75 Å². The van der Waals surface area contributed by atoms with Crippen LogP contribution in [-0.4, -0.2) is 44.4 Å². The van der Waals surface area contributed by atoms with Gasteiger partial charge in [-0.2, -0.15) is 4.31 Å². The molecule has 0 fully saturated rings. The summed E-state index contributed by atoms with van der Waals surface area (Å²) < 4.78 is 32.2. The van der Waals surface area contributed by atoms with E-state index >= 15 is 0 Å². The Morgan fingerprint density at radius 3 is 2.40 bits per heavy atom. The molecule has 0 spiro atoms. The summed E-state index contributed by atoms with van der Waals surface area (Å²) in [5.41, 5.74) is 6.15. The van der Waals surface area contributed by atoms with Crippen LogP contribution in [0.25, 0.3) is 0 Å². The molecule has 0 saturated heterocycles. The van der Waals surface area contributed by atoms with E-state index in [0.717, 1.165) is 6.42 Å². The molecule has 1 unspecified atom stereocenters. The second-order valence-corrected chi connectivity index (χ2v) is 7.50. The summed E-state index contributed by atoms with van der Waals surface area (Å²) >= 11 is 0. The van der Waals surface area contributed by atoms with Gasteiger partial charge in [0.15, 0.2) is 0 Å². The Morgan fingerprint density at radius 1 is 1.24 bits per heavy atom. The molecule has 8 heteroatoms. The molecule has 1 rings (SSSR count). The summed E-state index contributed by atoms with van der Waals surface area (Å²) in [5.74, 6) is 0.0539. The maximum Gasteiger partial charge on any atom is 0.243 e. The van der Waals surface area contributed by atoms with Gasteiger partial charge >= 0.3 is 0 Å². The lowest BCUT2D eigenvalue weighted by Gasteiger charge is -2.20. The summed E-state index contributed by atoms with van der Waals surface area (Å²) in [6.45, 7) is 8.45. The highest BCUT2D eigenvalue weighted by atomic mass is 32.2. The number of benzene rings is 1. The van der Waals surface area contributed by atoms with E-state index in [2.05, 4.69) is 5.32 Å². The number of nitrogens with one attached hydrogen (secondary N) is 1. The Balaban J connectivity index is 3.23. The Bertz CT molecular complexity index is 672. The first-order valence-corrected chi connectivity index (χ1v) is 10.1. The van der Waals surface area contributed by atoms with Crippen molar-refractivity contribution in [1.29, 1.82) is 0 Å². The molecule has 0 aliphatic heterocycles. The minimum atomic E-state index is -3.63. The number of nitrogens with two attached hydrogens (primary N) is 1. The molecule has 0 aromatic heterocycles. The number of hydrogen-bond acceptors (Lipinski definition) is 5. The first-order valence-electron chi connectivity index (χ1n) is 8.65. The van der Waals surface area contributed by atoms with Gasteiger partial charge in [0.05, 0.1) is 23.2 Å². The molecule has 142 valence electrons. The van der Waals surface area contributed by atoms with Crippen LogP contribution in [0.1, 0.15) is 40.5 Å². The third-order valence-corrected chi connectivity index (χ3v) is 5.83. The molecule has 7 nitrogen and oxygen atoms in total. The van der Waals surface area contributed by atoms with Crippen LogP contribution in [0.15, 0.2) is 23.1 Å². The Hall–Kier alpha value is -1.64. The zero-order valence-electron chi connectivity index (χ0n) is 15.4. The minimum absolute atomic E-state index is 0.110. The van der Waals surface area contributed by atoms with Gasteiger partial charge in [-0.15, -0.1) is 0 Å². The van der Waals surface area contributed by atoms with E-state index in [4.69, 9.17) is 10.5 Å². The molecular weight excluding hydrogens is 342 g/mol. The SMILES string of the molecule is CCCC(N)C(=O)Nc1cc(S(=O)(=O)N(CC)CC)ccc1OCC. The molecule has 0 radical (unpaired) electrons. The van der Waals surface area contributed by atoms with Crippen molar-refractivity contribution in [1.82, 2.24) is 4.31 Å². The number of nitrogens with zero attached hydrogens (tertiary/aromatic N) is 1. The molecule has 0 aliphatic rings. The maximum absolute atomic E-state index is 12.7. The fourth-order valence-corrected chi connectivity index (χ4v) is 3.91. The van der Waals surface area contributed by atoms with Crippen molar-refractivity contribution in [3.8, 4) is 5.75 Å². The quantitative estimate of drug-likeness (QED) is 0.656. The van der Waals surface area contributed by atoms with Crippen LogP contribution < -0.4 is 15.8 Å². The van der Waals surface area contributed by atoms with Crippen LogP contribution >= 0.6 is 0 Å². The third-order valence-electron chi connectivity index (χ3n) is 3.79. The van der Waals surface area contributed by atoms with E-state index in [9.17, 15) is 13.2 Å². The van der Waals surface area contributed by atoms with Gasteiger partial charge in [0, 0.05) is 13.1 Å². The summed E-state index contributed by atoms with van der Waals surface area (Å²) in [7, 11) is -3.63. The van der Waals surface area contributed by atoms with Gasteiger partial charge in [0.1, 0.15) is 5.75 Å². The van der Waals surface area contributed by atoms with Gasteiger partial charge in [0.25, 0.3) is 0 Å². The molecular formula is C17H29N3O4S. The highest BCUT2D eigenvalue weighted by Gasteiger charge is 2.24. The normalized spacial score (nSPS) is 12.9. The average molecular weight is 372 g/mol. The molecule has 0 bridgehead atoms. The van der Waals surface area contributed by atoms with Crippen molar-refractivity contribution in [2.45, 2.75) is 51.5 Å². The number of amides is 1. The van der Waals surface area contributed by atoms with Crippen LogP contribution in [-0.2, 0) is 14.8 Å². The zero-order chi connectivity index (χ0) is 19.0. The van der Waals surface area contributed by atoms with Crippen molar-refractivity contribution in [3.05, 3.63) is 18.2 Å². The highest BCUT2D eigenvalue weighted by Crippen LogP contribution is 2.29. The predicted molar refractivity (Wildman–Crippen MR) is 99.2 cm³/mol. The number of rotatable bonds is 10. The van der Waals surface area contributed by atoms with Gasteiger partial charge < -0.3 is 15.8 Å². The second kappa shape index (κ2) is 9.74. The number of carbonyl (C=O) groups excluding carboxylic acids is 1. The van der Waals surface area contributed by atoms with E-state index < -0.39 is 16.1 Å². The maximum atomic E-state index is 12.7. The molecule has 1 aromatic carbocycles. The van der Waals surface area contributed by atoms with E-state index in [-0.39, 0.29) is 10.8 Å². The topological polar surface area (TPSA) is 102 Å². The van der Waals surface area contributed by atoms with E-state index in [1.54, 1.807) is 19.9 Å². The van der Waals surface area contributed by atoms with Gasteiger partial charge in [-0.25, -0.2) is 8.42 Å². The van der Waals surface area contributed by atoms with Crippen molar-refractivity contribution < 1.29 is 17.9 Å². The fourth-order valence-electron chi connectivity index (χ4n) is 2.43. The van der Waals surface area contributed by atoms with Crippen molar-refractivity contribution in [3.63, 3.8) is 0 Å². The third kappa shape index (κ3) is 5.42. The van der Waals surface area contributed by atoms with E-state index in [1.165, 1.54) is 16.4 Å². The van der Waals surface area contributed by atoms with E-state index in [0.29, 0.717) is 37.6 Å². The lowest BCUT2D eigenvalue weighted by Crippen LogP contribution is -2.35. The predicted octanol–water partition coefficient (Wildman–Crippen LogP) is 2.18. The summed E-state index contributed by atoms with van der Waals surface area (Å²) in [6, 6.07) is 3.82. The number of hydrogen-bond donors (Lipinski definition) is 2. The van der Waals surface area contributed by atoms with Crippen molar-refractivity contribution in [2.75, 3.05) is 25.0 Å². The molecule has 1 amide bonds. The monoisotopic (exact) mass is 371 g/mol. The number of sulfonamides is 1. The first kappa shape index (κ1) is 21.4. The fraction of sp³-hybridized carbons (Fsp3) is 0.588. The molecule has 1 atom stereocenters. The minimum Gasteiger partial charge on any atom is -0.492 e. The van der Waals surface area contributed by atoms with Gasteiger partial charge in [-0.3, -0.25) is 4.79 Å². The first-order chi connectivity index (χ1) is 11.8. The lowest BCUT2D eigenvalue weighted by molar-refractivity contribution is -0.117. The van der Waals surface area contributed by atoms with Crippen LogP contribution in [0.4, 0.5) is 5.69 Å². The molecule has 0 heterocycles. The average Bonchev–Trinajstić information content (AvgIpc) is 2.57. The van der Waals surface area contributed by atoms with Crippen LogP contribution in [0.3, 0.4) is 0 Å². The smallest absolute Gasteiger partial charge is 0.243 e. The molecule has 0 aliphatic carbocycles. The van der Waals surface area contributed by atoms with Gasteiger partial charge in [0.2, 0.25) is 15.9 Å². The number of carbonyl (C=O) groups is 1. The summed E-state index contributed by atoms with van der Waals surface area (Å²) in [5, 5.41) is 2.70. The molecule has 0 saturated carbocycles. The molecule has 1 aromatic rings. The molecule has 3 N–H and O–H groups in total. The summed E-state index contributed by atoms with van der Waals surface area (Å²) in [4.78, 5) is 12.3. The number of ether oxygens (including phenoxy) is 1. The van der Waals surface area contributed by atoms with Crippen molar-refractivity contribution in [2.24, 2.45) is 5.73 Å². The van der Waals surface area contributed by atoms with Crippen molar-refractivity contribution >= 4 is 21.6 Å². The van der Waals surface area contributed by atoms with Gasteiger partial charge in [-0.05, 0) is 31.5 Å². The molecule has 25 heavy (non-hydrogen) atoms. The number of anilines is 1. The highest BCUT2D eigenvalue weighted by molar-refractivity contribution is 7.89. The van der Waals surface area contributed by atoms with Gasteiger partial charge in [-0.1, -0.05) is 27.2 Å². The summed E-state index contributed by atoms with van der Waals surface area (Å²) in [6.07, 6.45) is 1.33.